The smallest absolute Gasteiger partial charge is 0.147 e. The molecule has 5 rings (SSSR count). The van der Waals surface area contributed by atoms with Gasteiger partial charge in [0.15, 0.2) is 0 Å². The Morgan fingerprint density at radius 2 is 1.31 bits per heavy atom. The van der Waals surface area contributed by atoms with Gasteiger partial charge in [0.1, 0.15) is 6.23 Å². The molecule has 1 aliphatic heterocycles. The van der Waals surface area contributed by atoms with E-state index in [4.69, 9.17) is 4.74 Å². The maximum absolute atomic E-state index is 6.44. The first kappa shape index (κ1) is 18.3. The van der Waals surface area contributed by atoms with E-state index in [-0.39, 0.29) is 18.3 Å². The van der Waals surface area contributed by atoms with Gasteiger partial charge in [-0.3, -0.25) is 4.90 Å². The summed E-state index contributed by atoms with van der Waals surface area (Å²) in [4.78, 5) is 3.80. The molecule has 0 bridgehead atoms. The SMILES string of the molecule is c1ccc(C(c2ccccc2)N2C(c3cccs3)OC[C@H]2c2ccccc2)cc1. The molecule has 2 nitrogen and oxygen atoms in total. The third kappa shape index (κ3) is 3.65. The van der Waals surface area contributed by atoms with Crippen LogP contribution in [0.5, 0.6) is 0 Å². The number of benzene rings is 3. The van der Waals surface area contributed by atoms with Crippen LogP contribution in [0.4, 0.5) is 0 Å². The van der Waals surface area contributed by atoms with Gasteiger partial charge in [-0.2, -0.15) is 0 Å². The second-order valence-electron chi connectivity index (χ2n) is 7.30. The van der Waals surface area contributed by atoms with Crippen LogP contribution in [0.25, 0.3) is 0 Å². The number of thiophene rings is 1. The zero-order chi connectivity index (χ0) is 19.5. The summed E-state index contributed by atoms with van der Waals surface area (Å²) >= 11 is 1.76. The highest BCUT2D eigenvalue weighted by Crippen LogP contribution is 2.47. The maximum Gasteiger partial charge on any atom is 0.147 e. The third-order valence-electron chi connectivity index (χ3n) is 5.54. The molecular formula is C26H23NOS. The Bertz CT molecular complexity index is 979. The molecule has 4 aromatic rings. The normalized spacial score (nSPS) is 19.6. The van der Waals surface area contributed by atoms with Crippen molar-refractivity contribution in [2.24, 2.45) is 0 Å². The molecule has 1 unspecified atom stereocenters. The van der Waals surface area contributed by atoms with Crippen LogP contribution in [0.2, 0.25) is 0 Å². The maximum atomic E-state index is 6.44. The van der Waals surface area contributed by atoms with E-state index >= 15 is 0 Å². The minimum atomic E-state index is -0.0642. The summed E-state index contributed by atoms with van der Waals surface area (Å²) in [7, 11) is 0. The second kappa shape index (κ2) is 8.34. The van der Waals surface area contributed by atoms with Crippen LogP contribution >= 0.6 is 11.3 Å². The van der Waals surface area contributed by atoms with E-state index in [9.17, 15) is 0 Å². The highest BCUT2D eigenvalue weighted by atomic mass is 32.1. The number of ether oxygens (including phenoxy) is 1. The van der Waals surface area contributed by atoms with Crippen molar-refractivity contribution < 1.29 is 4.74 Å². The van der Waals surface area contributed by atoms with Crippen molar-refractivity contribution in [3.8, 4) is 0 Å². The Hall–Kier alpha value is -2.72. The molecule has 3 heteroatoms. The molecule has 1 saturated heterocycles. The molecule has 3 aromatic carbocycles. The van der Waals surface area contributed by atoms with Gasteiger partial charge in [0.2, 0.25) is 0 Å². The number of hydrogen-bond donors (Lipinski definition) is 0. The van der Waals surface area contributed by atoms with E-state index in [1.807, 2.05) is 0 Å². The average Bonchev–Trinajstić information content (AvgIpc) is 3.46. The zero-order valence-corrected chi connectivity index (χ0v) is 16.9. The summed E-state index contributed by atoms with van der Waals surface area (Å²) in [6, 6.07) is 36.9. The molecule has 1 aliphatic rings. The molecule has 1 fully saturated rings. The van der Waals surface area contributed by atoms with Gasteiger partial charge in [0, 0.05) is 4.88 Å². The third-order valence-corrected chi connectivity index (χ3v) is 6.45. The molecule has 1 aromatic heterocycles. The molecule has 2 atom stereocenters. The van der Waals surface area contributed by atoms with E-state index in [1.165, 1.54) is 21.6 Å². The molecule has 0 spiro atoms. The van der Waals surface area contributed by atoms with Gasteiger partial charge < -0.3 is 4.74 Å². The van der Waals surface area contributed by atoms with Crippen molar-refractivity contribution >= 4 is 11.3 Å². The van der Waals surface area contributed by atoms with E-state index in [1.54, 1.807) is 11.3 Å². The fourth-order valence-corrected chi connectivity index (χ4v) is 5.02. The topological polar surface area (TPSA) is 12.5 Å². The van der Waals surface area contributed by atoms with Gasteiger partial charge in [0.25, 0.3) is 0 Å². The summed E-state index contributed by atoms with van der Waals surface area (Å²) in [5, 5.41) is 2.13. The molecule has 144 valence electrons. The minimum absolute atomic E-state index is 0.0642. The number of hydrogen-bond acceptors (Lipinski definition) is 3. The highest BCUT2D eigenvalue weighted by Gasteiger charge is 2.42. The fraction of sp³-hybridized carbons (Fsp3) is 0.154. The lowest BCUT2D eigenvalue weighted by atomic mass is 9.94. The summed E-state index contributed by atoms with van der Waals surface area (Å²) in [6.45, 7) is 0.683. The lowest BCUT2D eigenvalue weighted by Gasteiger charge is -2.36. The predicted octanol–water partition coefficient (Wildman–Crippen LogP) is 6.61. The van der Waals surface area contributed by atoms with Crippen LogP contribution in [0.15, 0.2) is 109 Å². The Kier molecular flexibility index (Phi) is 5.27. The first-order chi connectivity index (χ1) is 14.4. The van der Waals surface area contributed by atoms with Gasteiger partial charge in [-0.1, -0.05) is 97.1 Å². The first-order valence-electron chi connectivity index (χ1n) is 9.99. The monoisotopic (exact) mass is 397 g/mol. The Morgan fingerprint density at radius 1 is 0.724 bits per heavy atom. The van der Waals surface area contributed by atoms with E-state index in [0.717, 1.165) is 0 Å². The summed E-state index contributed by atoms with van der Waals surface area (Å²) < 4.78 is 6.44. The first-order valence-corrected chi connectivity index (χ1v) is 10.9. The Labute approximate surface area is 176 Å². The molecule has 0 radical (unpaired) electrons. The van der Waals surface area contributed by atoms with Gasteiger partial charge in [-0.15, -0.1) is 11.3 Å². The van der Waals surface area contributed by atoms with Crippen LogP contribution < -0.4 is 0 Å². The van der Waals surface area contributed by atoms with Crippen molar-refractivity contribution in [1.82, 2.24) is 4.90 Å². The molecule has 0 aliphatic carbocycles. The molecule has 2 heterocycles. The van der Waals surface area contributed by atoms with Gasteiger partial charge in [-0.05, 0) is 28.1 Å². The van der Waals surface area contributed by atoms with Gasteiger partial charge in [-0.25, -0.2) is 0 Å². The van der Waals surface area contributed by atoms with Crippen LogP contribution in [0, 0.1) is 0 Å². The Balaban J connectivity index is 1.66. The molecule has 0 amide bonds. The minimum Gasteiger partial charge on any atom is -0.356 e. The zero-order valence-electron chi connectivity index (χ0n) is 16.1. The van der Waals surface area contributed by atoms with Crippen molar-refractivity contribution in [3.05, 3.63) is 130 Å². The summed E-state index contributed by atoms with van der Waals surface area (Å²) in [5.41, 5.74) is 3.86. The number of rotatable bonds is 5. The predicted molar refractivity (Wildman–Crippen MR) is 119 cm³/mol. The van der Waals surface area contributed by atoms with Crippen molar-refractivity contribution in [2.45, 2.75) is 18.3 Å². The van der Waals surface area contributed by atoms with Crippen LogP contribution in [0.3, 0.4) is 0 Å². The second-order valence-corrected chi connectivity index (χ2v) is 8.28. The summed E-state index contributed by atoms with van der Waals surface area (Å²) in [6.07, 6.45) is -0.0642. The lowest BCUT2D eigenvalue weighted by Crippen LogP contribution is -2.32. The Morgan fingerprint density at radius 3 is 1.86 bits per heavy atom. The van der Waals surface area contributed by atoms with Crippen LogP contribution in [0.1, 0.15) is 39.9 Å². The molecule has 0 saturated carbocycles. The average molecular weight is 398 g/mol. The quantitative estimate of drug-likeness (QED) is 0.376. The van der Waals surface area contributed by atoms with E-state index in [0.29, 0.717) is 6.61 Å². The molecular weight excluding hydrogens is 374 g/mol. The summed E-state index contributed by atoms with van der Waals surface area (Å²) in [5.74, 6) is 0. The molecule has 0 N–H and O–H groups in total. The fourth-order valence-electron chi connectivity index (χ4n) is 4.24. The largest absolute Gasteiger partial charge is 0.356 e. The van der Waals surface area contributed by atoms with Crippen molar-refractivity contribution in [2.75, 3.05) is 6.61 Å². The highest BCUT2D eigenvalue weighted by molar-refractivity contribution is 7.10. The van der Waals surface area contributed by atoms with E-state index < -0.39 is 0 Å². The lowest BCUT2D eigenvalue weighted by molar-refractivity contribution is 0.0153. The van der Waals surface area contributed by atoms with Crippen LogP contribution in [-0.4, -0.2) is 11.5 Å². The number of nitrogens with zero attached hydrogens (tertiary/aromatic N) is 1. The van der Waals surface area contributed by atoms with Gasteiger partial charge in [0.05, 0.1) is 18.7 Å². The van der Waals surface area contributed by atoms with Crippen molar-refractivity contribution in [3.63, 3.8) is 0 Å². The van der Waals surface area contributed by atoms with Crippen LogP contribution in [-0.2, 0) is 4.74 Å². The molecule has 29 heavy (non-hydrogen) atoms. The van der Waals surface area contributed by atoms with Gasteiger partial charge >= 0.3 is 0 Å². The van der Waals surface area contributed by atoms with Crippen molar-refractivity contribution in [1.29, 1.82) is 0 Å². The standard InChI is InChI=1S/C26H23NOS/c1-4-11-20(12-5-1)23-19-28-26(24-17-10-18-29-24)27(23)25(21-13-6-2-7-14-21)22-15-8-3-9-16-22/h1-18,23,25-26H,19H2/t23-,26?/m0/s1. The van der Waals surface area contributed by atoms with E-state index in [2.05, 4.69) is 113 Å².